The molecule has 158 valence electrons. The summed E-state index contributed by atoms with van der Waals surface area (Å²) in [7, 11) is 1.62. The van der Waals surface area contributed by atoms with Gasteiger partial charge in [-0.15, -0.1) is 11.8 Å². The molecule has 3 unspecified atom stereocenters. The molecule has 0 saturated heterocycles. The number of thioether (sulfide) groups is 1. The largest absolute Gasteiger partial charge is 0.496 e. The summed E-state index contributed by atoms with van der Waals surface area (Å²) in [5, 5.41) is 13.8. The fourth-order valence-corrected chi connectivity index (χ4v) is 5.35. The second kappa shape index (κ2) is 8.98. The molecule has 0 amide bonds. The lowest BCUT2D eigenvalue weighted by Crippen LogP contribution is -2.50. The molecular formula is C22H26F3NO2S. The maximum atomic E-state index is 12.8. The van der Waals surface area contributed by atoms with E-state index >= 15 is 0 Å². The number of aliphatic hydroxyl groups is 1. The minimum atomic E-state index is -4.39. The number of hydrogen-bond donors (Lipinski definition) is 2. The molecule has 2 aromatic rings. The van der Waals surface area contributed by atoms with Crippen molar-refractivity contribution in [3.05, 3.63) is 59.7 Å². The zero-order valence-electron chi connectivity index (χ0n) is 16.5. The highest BCUT2D eigenvalue weighted by atomic mass is 32.2. The molecule has 2 N–H and O–H groups in total. The number of halogens is 3. The van der Waals surface area contributed by atoms with Gasteiger partial charge in [-0.3, -0.25) is 5.32 Å². The number of benzene rings is 2. The first-order valence-corrected chi connectivity index (χ1v) is 10.6. The number of fused-ring (bicyclic) bond motifs is 1. The maximum Gasteiger partial charge on any atom is 0.391 e. The van der Waals surface area contributed by atoms with Crippen molar-refractivity contribution in [1.29, 1.82) is 0 Å². The van der Waals surface area contributed by atoms with Crippen LogP contribution in [0.15, 0.2) is 53.4 Å². The van der Waals surface area contributed by atoms with Gasteiger partial charge in [0.1, 0.15) is 5.75 Å². The maximum absolute atomic E-state index is 12.8. The van der Waals surface area contributed by atoms with Crippen LogP contribution in [0.3, 0.4) is 0 Å². The van der Waals surface area contributed by atoms with Crippen LogP contribution >= 0.6 is 11.8 Å². The molecule has 1 heterocycles. The number of nitrogens with one attached hydrogen (secondary N) is 1. The monoisotopic (exact) mass is 425 g/mol. The van der Waals surface area contributed by atoms with Crippen molar-refractivity contribution in [3.8, 4) is 5.75 Å². The molecule has 0 fully saturated rings. The standard InChI is InChI=1S/C22H26F3NO2S/c1-3-21(12-16(27)13-22(23,24)25)14-29-20-17(10-7-11-18(20)28-2)19(26-21)15-8-5-4-6-9-15/h4-11,16,19,26-27H,3,12-14H2,1-2H3. The molecule has 3 nitrogen and oxygen atoms in total. The molecular weight excluding hydrogens is 399 g/mol. The van der Waals surface area contributed by atoms with Gasteiger partial charge < -0.3 is 9.84 Å². The van der Waals surface area contributed by atoms with Crippen molar-refractivity contribution in [1.82, 2.24) is 5.32 Å². The van der Waals surface area contributed by atoms with Gasteiger partial charge in [-0.25, -0.2) is 0 Å². The molecule has 0 aromatic heterocycles. The van der Waals surface area contributed by atoms with Gasteiger partial charge in [-0.1, -0.05) is 49.4 Å². The molecule has 0 saturated carbocycles. The van der Waals surface area contributed by atoms with Crippen LogP contribution < -0.4 is 10.1 Å². The van der Waals surface area contributed by atoms with E-state index in [0.29, 0.717) is 12.2 Å². The van der Waals surface area contributed by atoms with Crippen LogP contribution in [0.1, 0.15) is 43.4 Å². The van der Waals surface area contributed by atoms with E-state index in [4.69, 9.17) is 4.74 Å². The normalized spacial score (nSPS) is 23.2. The summed E-state index contributed by atoms with van der Waals surface area (Å²) < 4.78 is 44.0. The fraction of sp³-hybridized carbons (Fsp3) is 0.455. The lowest BCUT2D eigenvalue weighted by Gasteiger charge is -2.37. The van der Waals surface area contributed by atoms with Crippen LogP contribution in [0.4, 0.5) is 13.2 Å². The summed E-state index contributed by atoms with van der Waals surface area (Å²) in [6.45, 7) is 1.95. The van der Waals surface area contributed by atoms with Crippen LogP contribution in [-0.4, -0.2) is 35.8 Å². The van der Waals surface area contributed by atoms with E-state index in [2.05, 4.69) is 5.32 Å². The van der Waals surface area contributed by atoms with E-state index in [-0.39, 0.29) is 12.5 Å². The summed E-state index contributed by atoms with van der Waals surface area (Å²) in [4.78, 5) is 0.983. The van der Waals surface area contributed by atoms with Crippen LogP contribution in [0, 0.1) is 0 Å². The van der Waals surface area contributed by atoms with Crippen molar-refractivity contribution in [2.75, 3.05) is 12.9 Å². The number of rotatable bonds is 6. The van der Waals surface area contributed by atoms with Crippen molar-refractivity contribution >= 4 is 11.8 Å². The van der Waals surface area contributed by atoms with E-state index in [0.717, 1.165) is 21.8 Å². The molecule has 2 aromatic carbocycles. The summed E-state index contributed by atoms with van der Waals surface area (Å²) in [6, 6.07) is 15.5. The molecule has 7 heteroatoms. The molecule has 0 aliphatic carbocycles. The molecule has 3 rings (SSSR count). The van der Waals surface area contributed by atoms with Gasteiger partial charge in [-0.2, -0.15) is 13.2 Å². The van der Waals surface area contributed by atoms with Crippen molar-refractivity contribution in [3.63, 3.8) is 0 Å². The Balaban J connectivity index is 2.00. The minimum Gasteiger partial charge on any atom is -0.496 e. The highest BCUT2D eigenvalue weighted by Crippen LogP contribution is 2.45. The summed E-state index contributed by atoms with van der Waals surface area (Å²) >= 11 is 1.57. The average Bonchev–Trinajstić information content (AvgIpc) is 2.85. The smallest absolute Gasteiger partial charge is 0.391 e. The number of methoxy groups -OCH3 is 1. The van der Waals surface area contributed by atoms with E-state index in [9.17, 15) is 18.3 Å². The average molecular weight is 426 g/mol. The van der Waals surface area contributed by atoms with Crippen molar-refractivity contribution in [2.45, 2.75) is 54.9 Å². The summed E-state index contributed by atoms with van der Waals surface area (Å²) in [6.07, 6.45) is -6.43. The van der Waals surface area contributed by atoms with Crippen LogP contribution in [0.2, 0.25) is 0 Å². The van der Waals surface area contributed by atoms with Crippen LogP contribution in [0.5, 0.6) is 5.75 Å². The van der Waals surface area contributed by atoms with E-state index in [1.807, 2.05) is 55.5 Å². The lowest BCUT2D eigenvalue weighted by molar-refractivity contribution is -0.155. The second-order valence-corrected chi connectivity index (χ2v) is 8.45. The van der Waals surface area contributed by atoms with Crippen molar-refractivity contribution in [2.24, 2.45) is 0 Å². The number of ether oxygens (including phenoxy) is 1. The third-order valence-electron chi connectivity index (χ3n) is 5.39. The van der Waals surface area contributed by atoms with Gasteiger partial charge in [-0.05, 0) is 30.0 Å². The zero-order chi connectivity index (χ0) is 21.1. The van der Waals surface area contributed by atoms with Crippen LogP contribution in [-0.2, 0) is 0 Å². The van der Waals surface area contributed by atoms with Gasteiger partial charge >= 0.3 is 6.18 Å². The van der Waals surface area contributed by atoms with E-state index in [1.54, 1.807) is 18.9 Å². The summed E-state index contributed by atoms with van der Waals surface area (Å²) in [5.74, 6) is 1.28. The lowest BCUT2D eigenvalue weighted by atomic mass is 9.87. The predicted octanol–water partition coefficient (Wildman–Crippen LogP) is 5.33. The highest BCUT2D eigenvalue weighted by Gasteiger charge is 2.40. The van der Waals surface area contributed by atoms with E-state index < -0.39 is 24.2 Å². The SMILES string of the molecule is CCC1(CC(O)CC(F)(F)F)CSc2c(OC)cccc2C(c2ccccc2)N1. The van der Waals surface area contributed by atoms with Gasteiger partial charge in [0.15, 0.2) is 0 Å². The van der Waals surface area contributed by atoms with Gasteiger partial charge in [0.2, 0.25) is 0 Å². The highest BCUT2D eigenvalue weighted by molar-refractivity contribution is 7.99. The molecule has 0 spiro atoms. The predicted molar refractivity (Wildman–Crippen MR) is 109 cm³/mol. The number of alkyl halides is 3. The fourth-order valence-electron chi connectivity index (χ4n) is 3.88. The first-order valence-electron chi connectivity index (χ1n) is 9.64. The number of hydrogen-bond acceptors (Lipinski definition) is 4. The third-order valence-corrected chi connectivity index (χ3v) is 6.81. The topological polar surface area (TPSA) is 41.5 Å². The Morgan fingerprint density at radius 2 is 1.93 bits per heavy atom. The molecule has 29 heavy (non-hydrogen) atoms. The van der Waals surface area contributed by atoms with Crippen LogP contribution in [0.25, 0.3) is 0 Å². The quantitative estimate of drug-likeness (QED) is 0.656. The molecule has 3 atom stereocenters. The molecule has 0 radical (unpaired) electrons. The van der Waals surface area contributed by atoms with Gasteiger partial charge in [0.25, 0.3) is 0 Å². The first kappa shape index (κ1) is 22.0. The Kier molecular flexibility index (Phi) is 6.81. The Hall–Kier alpha value is -1.70. The molecule has 1 aliphatic heterocycles. The zero-order valence-corrected chi connectivity index (χ0v) is 17.3. The second-order valence-electron chi connectivity index (χ2n) is 7.47. The van der Waals surface area contributed by atoms with Crippen molar-refractivity contribution < 1.29 is 23.0 Å². The molecule has 0 bridgehead atoms. The molecule has 1 aliphatic rings. The van der Waals surface area contributed by atoms with Gasteiger partial charge in [0, 0.05) is 11.3 Å². The van der Waals surface area contributed by atoms with E-state index in [1.165, 1.54) is 0 Å². The minimum absolute atomic E-state index is 0.0235. The Morgan fingerprint density at radius 1 is 1.21 bits per heavy atom. The summed E-state index contributed by atoms with van der Waals surface area (Å²) in [5.41, 5.74) is 1.40. The third kappa shape index (κ3) is 5.27. The van der Waals surface area contributed by atoms with Gasteiger partial charge in [0.05, 0.1) is 30.6 Å². The Labute approximate surface area is 173 Å². The Morgan fingerprint density at radius 3 is 2.55 bits per heavy atom. The number of aliphatic hydroxyl groups excluding tert-OH is 1. The Bertz CT molecular complexity index is 815. The first-order chi connectivity index (χ1) is 13.8.